The third-order valence-corrected chi connectivity index (χ3v) is 5.71. The molecule has 2 bridgehead atoms. The molecular weight excluding hydrogens is 368 g/mol. The molecule has 3 heterocycles. The maximum absolute atomic E-state index is 12.4. The molecule has 0 aromatic heterocycles. The molecule has 0 amide bonds. The highest BCUT2D eigenvalue weighted by Gasteiger charge is 2.58. The summed E-state index contributed by atoms with van der Waals surface area (Å²) in [6.07, 6.45) is 2.02. The molecule has 1 fully saturated rings. The lowest BCUT2D eigenvalue weighted by Crippen LogP contribution is -2.54. The Morgan fingerprint density at radius 2 is 2.04 bits per heavy atom. The first-order valence-corrected chi connectivity index (χ1v) is 9.23. The quantitative estimate of drug-likeness (QED) is 0.479. The third-order valence-electron chi connectivity index (χ3n) is 5.71. The van der Waals surface area contributed by atoms with Crippen LogP contribution in [0.3, 0.4) is 0 Å². The van der Waals surface area contributed by atoms with Gasteiger partial charge in [-0.1, -0.05) is 6.08 Å². The third kappa shape index (κ3) is 3.41. The van der Waals surface area contributed by atoms with Gasteiger partial charge in [0.25, 0.3) is 0 Å². The summed E-state index contributed by atoms with van der Waals surface area (Å²) in [5.41, 5.74) is -2.27. The summed E-state index contributed by atoms with van der Waals surface area (Å²) in [5.74, 6) is -3.08. The minimum atomic E-state index is -1.85. The van der Waals surface area contributed by atoms with Crippen LogP contribution in [-0.2, 0) is 23.8 Å². The summed E-state index contributed by atoms with van der Waals surface area (Å²) >= 11 is 0. The van der Waals surface area contributed by atoms with Crippen molar-refractivity contribution in [1.82, 2.24) is 0 Å². The van der Waals surface area contributed by atoms with Gasteiger partial charge in [0.05, 0.1) is 17.3 Å². The molecule has 3 aliphatic rings. The van der Waals surface area contributed by atoms with Crippen molar-refractivity contribution in [3.8, 4) is 0 Å². The molecular formula is C20H26O8. The number of aliphatic hydroxyl groups excluding tert-OH is 1. The first-order valence-electron chi connectivity index (χ1n) is 9.23. The summed E-state index contributed by atoms with van der Waals surface area (Å²) in [6.45, 7) is 5.97. The largest absolute Gasteiger partial charge is 0.457 e. The normalized spacial score (nSPS) is 40.1. The molecule has 0 aromatic carbocycles. The van der Waals surface area contributed by atoms with Crippen LogP contribution in [0.4, 0.5) is 0 Å². The molecule has 1 saturated heterocycles. The number of aliphatic hydroxyl groups is 3. The zero-order valence-corrected chi connectivity index (χ0v) is 16.4. The highest BCUT2D eigenvalue weighted by atomic mass is 16.7. The van der Waals surface area contributed by atoms with Crippen molar-refractivity contribution in [3.05, 3.63) is 34.6 Å². The second-order valence-corrected chi connectivity index (χ2v) is 8.03. The number of fused-ring (bicyclic) bond motifs is 3. The fourth-order valence-electron chi connectivity index (χ4n) is 3.76. The van der Waals surface area contributed by atoms with Gasteiger partial charge < -0.3 is 29.5 Å². The predicted octanol–water partition coefficient (Wildman–Crippen LogP) is 1.01. The zero-order valence-electron chi connectivity index (χ0n) is 16.4. The summed E-state index contributed by atoms with van der Waals surface area (Å²) in [5, 5.41) is 32.4. The van der Waals surface area contributed by atoms with Crippen LogP contribution in [0.1, 0.15) is 47.0 Å². The van der Waals surface area contributed by atoms with Gasteiger partial charge in [0.2, 0.25) is 0 Å². The molecule has 0 spiro atoms. The fourth-order valence-corrected chi connectivity index (χ4v) is 3.76. The maximum Gasteiger partial charge on any atom is 0.343 e. The van der Waals surface area contributed by atoms with E-state index in [1.807, 2.05) is 0 Å². The van der Waals surface area contributed by atoms with Crippen molar-refractivity contribution in [1.29, 1.82) is 0 Å². The number of hydrogen-bond acceptors (Lipinski definition) is 8. The van der Waals surface area contributed by atoms with E-state index >= 15 is 0 Å². The number of allylic oxidation sites excluding steroid dienone is 1. The van der Waals surface area contributed by atoms with Crippen molar-refractivity contribution in [2.45, 2.75) is 70.1 Å². The highest BCUT2D eigenvalue weighted by Crippen LogP contribution is 2.48. The molecule has 3 rings (SSSR count). The molecule has 0 aromatic rings. The Bertz CT molecular complexity index is 805. The van der Waals surface area contributed by atoms with E-state index in [0.717, 1.165) is 0 Å². The van der Waals surface area contributed by atoms with Crippen LogP contribution in [0.25, 0.3) is 0 Å². The molecule has 0 radical (unpaired) electrons. The van der Waals surface area contributed by atoms with Gasteiger partial charge >= 0.3 is 11.9 Å². The lowest BCUT2D eigenvalue weighted by atomic mass is 9.82. The number of ether oxygens (including phenoxy) is 3. The van der Waals surface area contributed by atoms with Gasteiger partial charge in [-0.15, -0.1) is 0 Å². The Morgan fingerprint density at radius 1 is 1.36 bits per heavy atom. The fraction of sp³-hybridized carbons (Fsp3) is 0.600. The first-order chi connectivity index (χ1) is 12.9. The molecule has 0 saturated carbocycles. The first kappa shape index (κ1) is 20.7. The summed E-state index contributed by atoms with van der Waals surface area (Å²) in [6, 6.07) is 0. The second kappa shape index (κ2) is 6.81. The minimum Gasteiger partial charge on any atom is -0.457 e. The Labute approximate surface area is 163 Å². The van der Waals surface area contributed by atoms with E-state index in [4.69, 9.17) is 14.2 Å². The number of carbonyl (C=O) groups is 2. The van der Waals surface area contributed by atoms with Gasteiger partial charge in [0.15, 0.2) is 5.79 Å². The molecule has 8 heteroatoms. The lowest BCUT2D eigenvalue weighted by molar-refractivity contribution is -0.297. The number of hydrogen-bond donors (Lipinski definition) is 3. The standard InChI is InChI=1S/C20H26O8/c1-5-11(2)16(22)26-10-12-15-13(21)8-19(4,24)20(25)7-6-18(3,28-20)9-14(15)27-17(12)23/h5,9,13,21,24-25H,6-8,10H2,1-4H3/b11-5+,14-9+/t13-,18-,19-,20+/m1/s1. The Kier molecular flexibility index (Phi) is 5.04. The highest BCUT2D eigenvalue weighted by molar-refractivity contribution is 5.96. The molecule has 154 valence electrons. The van der Waals surface area contributed by atoms with Crippen molar-refractivity contribution in [2.75, 3.05) is 6.61 Å². The van der Waals surface area contributed by atoms with E-state index in [2.05, 4.69) is 0 Å². The molecule has 0 unspecified atom stereocenters. The summed E-state index contributed by atoms with van der Waals surface area (Å²) in [4.78, 5) is 24.3. The monoisotopic (exact) mass is 394 g/mol. The van der Waals surface area contributed by atoms with Crippen LogP contribution >= 0.6 is 0 Å². The predicted molar refractivity (Wildman–Crippen MR) is 96.5 cm³/mol. The lowest BCUT2D eigenvalue weighted by Gasteiger charge is -2.39. The molecule has 8 nitrogen and oxygen atoms in total. The van der Waals surface area contributed by atoms with E-state index in [0.29, 0.717) is 12.0 Å². The van der Waals surface area contributed by atoms with Crippen LogP contribution in [0, 0.1) is 0 Å². The van der Waals surface area contributed by atoms with Crippen molar-refractivity contribution >= 4 is 11.9 Å². The van der Waals surface area contributed by atoms with E-state index < -0.39 is 35.0 Å². The number of rotatable bonds is 3. The van der Waals surface area contributed by atoms with E-state index in [1.54, 1.807) is 26.8 Å². The summed E-state index contributed by atoms with van der Waals surface area (Å²) in [7, 11) is 0. The Hall–Kier alpha value is -2.00. The van der Waals surface area contributed by atoms with Gasteiger partial charge in [-0.25, -0.2) is 9.59 Å². The van der Waals surface area contributed by atoms with E-state index in [9.17, 15) is 24.9 Å². The van der Waals surface area contributed by atoms with Crippen LogP contribution in [0.5, 0.6) is 0 Å². The van der Waals surface area contributed by atoms with Crippen molar-refractivity contribution < 1.29 is 39.1 Å². The van der Waals surface area contributed by atoms with Gasteiger partial charge in [0, 0.05) is 24.0 Å². The average Bonchev–Trinajstić information content (AvgIpc) is 3.08. The van der Waals surface area contributed by atoms with Crippen molar-refractivity contribution in [2.24, 2.45) is 0 Å². The molecule has 3 aliphatic heterocycles. The minimum absolute atomic E-state index is 0.000154. The van der Waals surface area contributed by atoms with E-state index in [-0.39, 0.29) is 36.4 Å². The molecule has 4 atom stereocenters. The van der Waals surface area contributed by atoms with Gasteiger partial charge in [-0.2, -0.15) is 0 Å². The van der Waals surface area contributed by atoms with Crippen LogP contribution in [-0.4, -0.2) is 57.0 Å². The zero-order chi connectivity index (χ0) is 20.9. The molecule has 3 N–H and O–H groups in total. The van der Waals surface area contributed by atoms with Crippen molar-refractivity contribution in [3.63, 3.8) is 0 Å². The van der Waals surface area contributed by atoms with Gasteiger partial charge in [-0.3, -0.25) is 0 Å². The van der Waals surface area contributed by atoms with Gasteiger partial charge in [0.1, 0.15) is 18.0 Å². The average molecular weight is 394 g/mol. The smallest absolute Gasteiger partial charge is 0.343 e. The SMILES string of the molecule is C/C=C(\C)C(=O)OCC1=C2/C(=C\[C@@]3(C)CC[C@](O)(O3)[C@](C)(O)C[C@H]2O)OC1=O. The Balaban J connectivity index is 2.02. The number of esters is 2. The van der Waals surface area contributed by atoms with E-state index in [1.165, 1.54) is 13.0 Å². The van der Waals surface area contributed by atoms with Gasteiger partial charge in [-0.05, 0) is 40.2 Å². The topological polar surface area (TPSA) is 123 Å². The Morgan fingerprint density at radius 3 is 2.68 bits per heavy atom. The van der Waals surface area contributed by atoms with Crippen LogP contribution < -0.4 is 0 Å². The summed E-state index contributed by atoms with van der Waals surface area (Å²) < 4.78 is 16.2. The number of carbonyl (C=O) groups excluding carboxylic acids is 2. The molecule has 0 aliphatic carbocycles. The second-order valence-electron chi connectivity index (χ2n) is 8.03. The van der Waals surface area contributed by atoms with Crippen LogP contribution in [0.15, 0.2) is 34.6 Å². The molecule has 28 heavy (non-hydrogen) atoms. The maximum atomic E-state index is 12.4. The van der Waals surface area contributed by atoms with Crippen LogP contribution in [0.2, 0.25) is 0 Å².